The molecule has 9 heteroatoms. The van der Waals surface area contributed by atoms with Crippen LogP contribution in [0.2, 0.25) is 0 Å². The molecule has 3 N–H and O–H groups in total. The standard InChI is InChI=1S/C17H19ClFN5OS/c1-24-15(16(18)22-23-24)11-7-14(26-9-11)17(25)21-13(8-20)6-10-3-2-4-12(19)5-10/h2-5,7,9,13,15-16H,6,8,20H2,1H3,(H,21,25)/t13-,15?,16?/m0/s1. The number of alkyl halides is 1. The number of carbonyl (C=O) groups excluding carboxylic acids is 1. The maximum Gasteiger partial charge on any atom is 0.261 e. The average Bonchev–Trinajstić information content (AvgIpc) is 3.21. The topological polar surface area (TPSA) is 83.1 Å². The van der Waals surface area contributed by atoms with Crippen LogP contribution in [0.3, 0.4) is 0 Å². The third-order valence-electron chi connectivity index (χ3n) is 4.14. The van der Waals surface area contributed by atoms with E-state index >= 15 is 0 Å². The van der Waals surface area contributed by atoms with E-state index in [1.165, 1.54) is 23.5 Å². The van der Waals surface area contributed by atoms with Crippen molar-refractivity contribution in [2.75, 3.05) is 13.6 Å². The van der Waals surface area contributed by atoms with E-state index in [2.05, 4.69) is 15.7 Å². The van der Waals surface area contributed by atoms with Crippen LogP contribution in [0.4, 0.5) is 4.39 Å². The fraction of sp³-hybridized carbons (Fsp3) is 0.353. The van der Waals surface area contributed by atoms with Crippen LogP contribution in [0.1, 0.15) is 26.8 Å². The number of carbonyl (C=O) groups is 1. The summed E-state index contributed by atoms with van der Waals surface area (Å²) in [5, 5.41) is 14.3. The van der Waals surface area contributed by atoms with Crippen molar-refractivity contribution in [2.45, 2.75) is 24.0 Å². The monoisotopic (exact) mass is 395 g/mol. The molecule has 1 aromatic heterocycles. The molecule has 0 aliphatic carbocycles. The van der Waals surface area contributed by atoms with Gasteiger partial charge in [0.1, 0.15) is 11.9 Å². The predicted octanol–water partition coefficient (Wildman–Crippen LogP) is 3.11. The summed E-state index contributed by atoms with van der Waals surface area (Å²) in [6.45, 7) is 0.257. The molecule has 26 heavy (non-hydrogen) atoms. The lowest BCUT2D eigenvalue weighted by atomic mass is 10.1. The molecule has 2 aromatic rings. The lowest BCUT2D eigenvalue weighted by Crippen LogP contribution is -2.41. The maximum atomic E-state index is 13.3. The van der Waals surface area contributed by atoms with Gasteiger partial charge >= 0.3 is 0 Å². The van der Waals surface area contributed by atoms with Crippen molar-refractivity contribution < 1.29 is 9.18 Å². The molecule has 0 spiro atoms. The van der Waals surface area contributed by atoms with Gasteiger partial charge in [0.15, 0.2) is 5.50 Å². The normalized spacial score (nSPS) is 20.4. The Labute approximate surface area is 159 Å². The summed E-state index contributed by atoms with van der Waals surface area (Å²) in [7, 11) is 1.79. The Bertz CT molecular complexity index is 802. The number of hydrogen-bond acceptors (Lipinski definition) is 6. The lowest BCUT2D eigenvalue weighted by Gasteiger charge is -2.18. The fourth-order valence-corrected chi connectivity index (χ4v) is 4.01. The van der Waals surface area contributed by atoms with Gasteiger partial charge in [0, 0.05) is 19.6 Å². The number of nitrogens with zero attached hydrogens (tertiary/aromatic N) is 3. The van der Waals surface area contributed by atoms with Gasteiger partial charge in [-0.1, -0.05) is 29.0 Å². The highest BCUT2D eigenvalue weighted by atomic mass is 35.5. The van der Waals surface area contributed by atoms with Crippen LogP contribution < -0.4 is 11.1 Å². The van der Waals surface area contributed by atoms with Crippen LogP contribution in [0.25, 0.3) is 0 Å². The Morgan fingerprint density at radius 2 is 2.31 bits per heavy atom. The molecular weight excluding hydrogens is 377 g/mol. The summed E-state index contributed by atoms with van der Waals surface area (Å²) < 4.78 is 13.3. The summed E-state index contributed by atoms with van der Waals surface area (Å²) in [5.41, 5.74) is 6.97. The third-order valence-corrected chi connectivity index (χ3v) is 5.42. The molecule has 138 valence electrons. The van der Waals surface area contributed by atoms with E-state index in [1.54, 1.807) is 24.2 Å². The molecule has 0 fully saturated rings. The van der Waals surface area contributed by atoms with Gasteiger partial charge in [-0.2, -0.15) is 0 Å². The molecular formula is C17H19ClFN5OS. The van der Waals surface area contributed by atoms with Crippen LogP contribution in [0, 0.1) is 5.82 Å². The highest BCUT2D eigenvalue weighted by Gasteiger charge is 2.31. The highest BCUT2D eigenvalue weighted by Crippen LogP contribution is 2.35. The van der Waals surface area contributed by atoms with Crippen LogP contribution in [-0.4, -0.2) is 36.1 Å². The van der Waals surface area contributed by atoms with Crippen molar-refractivity contribution in [1.82, 2.24) is 10.3 Å². The van der Waals surface area contributed by atoms with Gasteiger partial charge in [0.25, 0.3) is 5.91 Å². The summed E-state index contributed by atoms with van der Waals surface area (Å²) in [5.74, 6) is -0.520. The second-order valence-electron chi connectivity index (χ2n) is 6.08. The molecule has 2 unspecified atom stereocenters. The summed E-state index contributed by atoms with van der Waals surface area (Å²) in [4.78, 5) is 13.1. The van der Waals surface area contributed by atoms with E-state index < -0.39 is 5.50 Å². The number of thiophene rings is 1. The molecule has 2 heterocycles. The first kappa shape index (κ1) is 18.8. The molecule has 0 saturated heterocycles. The van der Waals surface area contributed by atoms with Gasteiger partial charge in [-0.3, -0.25) is 9.80 Å². The number of halogens is 2. The number of hydrogen-bond donors (Lipinski definition) is 2. The minimum Gasteiger partial charge on any atom is -0.347 e. The Kier molecular flexibility index (Phi) is 5.85. The largest absolute Gasteiger partial charge is 0.347 e. The average molecular weight is 396 g/mol. The smallest absolute Gasteiger partial charge is 0.261 e. The van der Waals surface area contributed by atoms with Crippen LogP contribution in [-0.2, 0) is 6.42 Å². The number of rotatable bonds is 6. The maximum absolute atomic E-state index is 13.3. The van der Waals surface area contributed by atoms with E-state index in [-0.39, 0.29) is 30.4 Å². The molecule has 1 aliphatic heterocycles. The number of benzene rings is 1. The van der Waals surface area contributed by atoms with Gasteiger partial charge in [-0.15, -0.1) is 16.5 Å². The Balaban J connectivity index is 1.65. The summed E-state index contributed by atoms with van der Waals surface area (Å²) >= 11 is 7.49. The number of nitrogens with one attached hydrogen (secondary N) is 1. The van der Waals surface area contributed by atoms with Crippen molar-refractivity contribution in [3.63, 3.8) is 0 Å². The highest BCUT2D eigenvalue weighted by molar-refractivity contribution is 7.12. The van der Waals surface area contributed by atoms with Crippen LogP contribution in [0.5, 0.6) is 0 Å². The van der Waals surface area contributed by atoms with E-state index in [0.717, 1.165) is 11.1 Å². The van der Waals surface area contributed by atoms with Crippen molar-refractivity contribution in [3.05, 3.63) is 57.5 Å². The molecule has 1 aliphatic rings. The zero-order chi connectivity index (χ0) is 18.7. The first-order valence-electron chi connectivity index (χ1n) is 8.09. The second kappa shape index (κ2) is 8.11. The van der Waals surface area contributed by atoms with Gasteiger partial charge in [-0.05, 0) is 41.1 Å². The van der Waals surface area contributed by atoms with Crippen LogP contribution in [0.15, 0.2) is 46.0 Å². The van der Waals surface area contributed by atoms with Gasteiger partial charge in [0.05, 0.1) is 4.88 Å². The molecule has 0 bridgehead atoms. The zero-order valence-electron chi connectivity index (χ0n) is 14.1. The third kappa shape index (κ3) is 4.20. The van der Waals surface area contributed by atoms with E-state index in [4.69, 9.17) is 17.3 Å². The first-order valence-corrected chi connectivity index (χ1v) is 9.41. The fourth-order valence-electron chi connectivity index (χ4n) is 2.83. The number of likely N-dealkylation sites (N-methyl/N-ethyl adjacent to an activating group) is 1. The van der Waals surface area contributed by atoms with Gasteiger partial charge < -0.3 is 11.1 Å². The minimum absolute atomic E-state index is 0.188. The van der Waals surface area contributed by atoms with Gasteiger partial charge in [-0.25, -0.2) is 4.39 Å². The quantitative estimate of drug-likeness (QED) is 0.582. The van der Waals surface area contributed by atoms with E-state index in [0.29, 0.717) is 11.3 Å². The molecule has 1 aromatic carbocycles. The Morgan fingerprint density at radius 3 is 2.96 bits per heavy atom. The van der Waals surface area contributed by atoms with Crippen LogP contribution >= 0.6 is 22.9 Å². The lowest BCUT2D eigenvalue weighted by molar-refractivity contribution is 0.0942. The molecule has 3 atom stereocenters. The summed E-state index contributed by atoms with van der Waals surface area (Å²) in [6.07, 6.45) is 0.463. The number of nitrogens with two attached hydrogens (primary N) is 1. The molecule has 0 radical (unpaired) electrons. The Morgan fingerprint density at radius 1 is 1.50 bits per heavy atom. The van der Waals surface area contributed by atoms with Crippen molar-refractivity contribution in [1.29, 1.82) is 0 Å². The van der Waals surface area contributed by atoms with E-state index in [9.17, 15) is 9.18 Å². The summed E-state index contributed by atoms with van der Waals surface area (Å²) in [6, 6.07) is 7.61. The Hall–Kier alpha value is -2.03. The van der Waals surface area contributed by atoms with E-state index in [1.807, 2.05) is 11.4 Å². The second-order valence-corrected chi connectivity index (χ2v) is 7.44. The molecule has 6 nitrogen and oxygen atoms in total. The SMILES string of the molecule is CN1N=NC(Cl)C1c1csc(C(=O)N[C@H](CN)Cc2cccc(F)c2)c1. The van der Waals surface area contributed by atoms with Crippen molar-refractivity contribution in [2.24, 2.45) is 16.1 Å². The number of amides is 1. The minimum atomic E-state index is -0.477. The van der Waals surface area contributed by atoms with Crippen molar-refractivity contribution >= 4 is 28.8 Å². The predicted molar refractivity (Wildman–Crippen MR) is 99.7 cm³/mol. The first-order chi connectivity index (χ1) is 12.5. The molecule has 3 rings (SSSR count). The van der Waals surface area contributed by atoms with Crippen molar-refractivity contribution in [3.8, 4) is 0 Å². The van der Waals surface area contributed by atoms with Gasteiger partial charge in [0.2, 0.25) is 0 Å². The molecule has 0 saturated carbocycles. The zero-order valence-corrected chi connectivity index (χ0v) is 15.7. The molecule has 1 amide bonds.